The van der Waals surface area contributed by atoms with Crippen molar-refractivity contribution in [3.8, 4) is 11.1 Å². The highest BCUT2D eigenvalue weighted by molar-refractivity contribution is 6.33. The van der Waals surface area contributed by atoms with Crippen LogP contribution in [0.5, 0.6) is 0 Å². The minimum atomic E-state index is -1.03. The number of carbonyl (C=O) groups excluding carboxylic acids is 1. The Balaban J connectivity index is 2.85. The molecule has 0 fully saturated rings. The molecule has 0 aliphatic carbocycles. The number of nitrogens with one attached hydrogen (secondary N) is 1. The summed E-state index contributed by atoms with van der Waals surface area (Å²) >= 11 is 6.20. The van der Waals surface area contributed by atoms with Crippen molar-refractivity contribution in [3.63, 3.8) is 0 Å². The summed E-state index contributed by atoms with van der Waals surface area (Å²) in [7, 11) is 0. The van der Waals surface area contributed by atoms with Crippen LogP contribution in [0.25, 0.3) is 11.1 Å². The van der Waals surface area contributed by atoms with Crippen LogP contribution in [0.2, 0.25) is 5.02 Å². The Bertz CT molecular complexity index is 773. The average molecular weight is 331 g/mol. The van der Waals surface area contributed by atoms with Crippen molar-refractivity contribution in [1.29, 1.82) is 0 Å². The highest BCUT2D eigenvalue weighted by Crippen LogP contribution is 2.39. The van der Waals surface area contributed by atoms with Crippen LogP contribution in [0.15, 0.2) is 41.5 Å². The van der Waals surface area contributed by atoms with Crippen LogP contribution in [-0.2, 0) is 11.2 Å². The SMILES string of the molecule is C=NNc1c(CC(=O)O)c(Cl)cc(C(C)=O)c1-c1ccccc1. The Hall–Kier alpha value is -2.66. The maximum Gasteiger partial charge on any atom is 0.307 e. The second-order valence-corrected chi connectivity index (χ2v) is 5.30. The van der Waals surface area contributed by atoms with E-state index in [9.17, 15) is 9.59 Å². The third-order valence-corrected chi connectivity index (χ3v) is 3.68. The lowest BCUT2D eigenvalue weighted by molar-refractivity contribution is -0.136. The molecule has 2 N–H and O–H groups in total. The number of hydrogen-bond acceptors (Lipinski definition) is 4. The fraction of sp³-hybridized carbons (Fsp3) is 0.118. The number of aliphatic carboxylic acids is 1. The molecule has 0 unspecified atom stereocenters. The summed E-state index contributed by atoms with van der Waals surface area (Å²) in [6.45, 7) is 4.81. The molecule has 0 amide bonds. The highest BCUT2D eigenvalue weighted by Gasteiger charge is 2.22. The Labute approximate surface area is 138 Å². The lowest BCUT2D eigenvalue weighted by Crippen LogP contribution is -2.09. The van der Waals surface area contributed by atoms with Crippen molar-refractivity contribution < 1.29 is 14.7 Å². The Morgan fingerprint density at radius 2 is 1.96 bits per heavy atom. The molecule has 2 rings (SSSR count). The first-order valence-electron chi connectivity index (χ1n) is 6.81. The van der Waals surface area contributed by atoms with E-state index in [0.29, 0.717) is 22.4 Å². The monoisotopic (exact) mass is 330 g/mol. The lowest BCUT2D eigenvalue weighted by Gasteiger charge is -2.18. The van der Waals surface area contributed by atoms with Crippen LogP contribution in [0.3, 0.4) is 0 Å². The molecule has 5 nitrogen and oxygen atoms in total. The number of carboxylic acids is 1. The summed E-state index contributed by atoms with van der Waals surface area (Å²) in [6, 6.07) is 10.7. The minimum Gasteiger partial charge on any atom is -0.481 e. The molecule has 0 aliphatic rings. The number of rotatable bonds is 6. The number of carbonyl (C=O) groups is 2. The molecule has 6 heteroatoms. The van der Waals surface area contributed by atoms with E-state index in [-0.39, 0.29) is 17.2 Å². The second kappa shape index (κ2) is 7.07. The van der Waals surface area contributed by atoms with Gasteiger partial charge in [0.2, 0.25) is 0 Å². The van der Waals surface area contributed by atoms with E-state index in [0.717, 1.165) is 5.56 Å². The van der Waals surface area contributed by atoms with Crippen LogP contribution in [0, 0.1) is 0 Å². The number of Topliss-reactive ketones (excluding diaryl/α,β-unsaturated/α-hetero) is 1. The van der Waals surface area contributed by atoms with Gasteiger partial charge in [0.05, 0.1) is 12.1 Å². The van der Waals surface area contributed by atoms with Gasteiger partial charge in [-0.2, -0.15) is 5.10 Å². The maximum atomic E-state index is 12.0. The van der Waals surface area contributed by atoms with Gasteiger partial charge in [0.1, 0.15) is 0 Å². The van der Waals surface area contributed by atoms with Crippen LogP contribution in [0.1, 0.15) is 22.8 Å². The zero-order valence-corrected chi connectivity index (χ0v) is 13.2. The van der Waals surface area contributed by atoms with Gasteiger partial charge >= 0.3 is 5.97 Å². The Kier molecular flexibility index (Phi) is 5.13. The zero-order chi connectivity index (χ0) is 17.0. The first-order valence-corrected chi connectivity index (χ1v) is 7.18. The molecule has 0 saturated heterocycles. The molecule has 0 atom stereocenters. The van der Waals surface area contributed by atoms with Crippen molar-refractivity contribution in [2.24, 2.45) is 5.10 Å². The smallest absolute Gasteiger partial charge is 0.307 e. The lowest BCUT2D eigenvalue weighted by atomic mass is 9.92. The van der Waals surface area contributed by atoms with E-state index in [1.807, 2.05) is 30.3 Å². The number of hydrogen-bond donors (Lipinski definition) is 2. The second-order valence-electron chi connectivity index (χ2n) is 4.90. The van der Waals surface area contributed by atoms with E-state index in [1.165, 1.54) is 13.0 Å². The summed E-state index contributed by atoms with van der Waals surface area (Å²) in [5.41, 5.74) is 5.14. The number of anilines is 1. The van der Waals surface area contributed by atoms with Gasteiger partial charge in [-0.15, -0.1) is 0 Å². The quantitative estimate of drug-likeness (QED) is 0.479. The number of nitrogens with zero attached hydrogens (tertiary/aromatic N) is 1. The van der Waals surface area contributed by atoms with Gasteiger partial charge in [0, 0.05) is 28.4 Å². The fourth-order valence-corrected chi connectivity index (χ4v) is 2.67. The van der Waals surface area contributed by atoms with Crippen molar-refractivity contribution in [3.05, 3.63) is 52.5 Å². The highest BCUT2D eigenvalue weighted by atomic mass is 35.5. The molecule has 23 heavy (non-hydrogen) atoms. The molecular weight excluding hydrogens is 316 g/mol. The summed E-state index contributed by atoms with van der Waals surface area (Å²) < 4.78 is 0. The van der Waals surface area contributed by atoms with Crippen molar-refractivity contribution in [1.82, 2.24) is 0 Å². The predicted molar refractivity (Wildman–Crippen MR) is 91.4 cm³/mol. The van der Waals surface area contributed by atoms with E-state index < -0.39 is 5.97 Å². The van der Waals surface area contributed by atoms with E-state index >= 15 is 0 Å². The van der Waals surface area contributed by atoms with Gasteiger partial charge in [0.15, 0.2) is 5.78 Å². The molecule has 0 aliphatic heterocycles. The number of benzene rings is 2. The molecule has 0 saturated carbocycles. The molecule has 0 radical (unpaired) electrons. The predicted octanol–water partition coefficient (Wildman–Crippen LogP) is 3.86. The van der Waals surface area contributed by atoms with Crippen LogP contribution in [0.4, 0.5) is 5.69 Å². The summed E-state index contributed by atoms with van der Waals surface area (Å²) in [6.07, 6.45) is -0.297. The number of carboxylic acid groups (broad SMARTS) is 1. The molecule has 0 spiro atoms. The van der Waals surface area contributed by atoms with E-state index in [2.05, 4.69) is 17.2 Å². The van der Waals surface area contributed by atoms with Crippen LogP contribution in [-0.4, -0.2) is 23.6 Å². The summed E-state index contributed by atoms with van der Waals surface area (Å²) in [5, 5.41) is 13.0. The number of ketones is 1. The summed E-state index contributed by atoms with van der Waals surface area (Å²) in [5.74, 6) is -1.21. The largest absolute Gasteiger partial charge is 0.481 e. The topological polar surface area (TPSA) is 78.8 Å². The Morgan fingerprint density at radius 3 is 2.48 bits per heavy atom. The van der Waals surface area contributed by atoms with Crippen LogP contribution >= 0.6 is 11.6 Å². The third kappa shape index (κ3) is 3.57. The molecule has 2 aromatic rings. The molecule has 2 aromatic carbocycles. The molecular formula is C17H15ClN2O3. The van der Waals surface area contributed by atoms with Gasteiger partial charge in [-0.05, 0) is 18.6 Å². The molecule has 118 valence electrons. The van der Waals surface area contributed by atoms with Gasteiger partial charge in [-0.3, -0.25) is 15.0 Å². The van der Waals surface area contributed by atoms with Gasteiger partial charge < -0.3 is 5.11 Å². The first-order chi connectivity index (χ1) is 11.0. The maximum absolute atomic E-state index is 12.0. The zero-order valence-electron chi connectivity index (χ0n) is 12.5. The standard InChI is InChI=1S/C17H15ClN2O3/c1-10(21)12-8-14(18)13(9-15(22)23)17(20-19-2)16(12)11-6-4-3-5-7-11/h3-8,20H,2,9H2,1H3,(H,22,23). The third-order valence-electron chi connectivity index (χ3n) is 3.34. The van der Waals surface area contributed by atoms with Crippen molar-refractivity contribution in [2.45, 2.75) is 13.3 Å². The number of hydrazone groups is 1. The number of halogens is 1. The van der Waals surface area contributed by atoms with Crippen molar-refractivity contribution in [2.75, 3.05) is 5.43 Å². The van der Waals surface area contributed by atoms with Gasteiger partial charge in [-0.25, -0.2) is 0 Å². The Morgan fingerprint density at radius 1 is 1.30 bits per heavy atom. The van der Waals surface area contributed by atoms with E-state index in [1.54, 1.807) is 0 Å². The minimum absolute atomic E-state index is 0.181. The van der Waals surface area contributed by atoms with E-state index in [4.69, 9.17) is 16.7 Å². The van der Waals surface area contributed by atoms with Crippen molar-refractivity contribution >= 4 is 35.8 Å². The summed E-state index contributed by atoms with van der Waals surface area (Å²) in [4.78, 5) is 23.2. The molecule has 0 aromatic heterocycles. The van der Waals surface area contributed by atoms with Gasteiger partial charge in [-0.1, -0.05) is 41.9 Å². The first kappa shape index (κ1) is 16.7. The van der Waals surface area contributed by atoms with Gasteiger partial charge in [0.25, 0.3) is 0 Å². The fourth-order valence-electron chi connectivity index (χ4n) is 2.40. The van der Waals surface area contributed by atoms with Crippen LogP contribution < -0.4 is 5.43 Å². The average Bonchev–Trinajstić information content (AvgIpc) is 2.51. The molecule has 0 bridgehead atoms. The molecule has 0 heterocycles. The normalized spacial score (nSPS) is 10.2.